The molecule has 2 saturated heterocycles. The monoisotopic (exact) mass is 1080 g/mol. The number of carbonyl (C=O) groups excluding carboxylic acids is 5. The number of ether oxygens (including phenoxy) is 5. The van der Waals surface area contributed by atoms with E-state index in [1.807, 2.05) is 30.8 Å². The van der Waals surface area contributed by atoms with Crippen molar-refractivity contribution >= 4 is 47.2 Å². The topological polar surface area (TPSA) is 220 Å². The number of benzene rings is 1. The summed E-state index contributed by atoms with van der Waals surface area (Å²) in [7, 11) is 0. The Morgan fingerprint density at radius 1 is 0.908 bits per heavy atom. The smallest absolute Gasteiger partial charge is 0.315 e. The molecule has 76 heavy (non-hydrogen) atoms. The average Bonchev–Trinajstić information content (AvgIpc) is 3.94. The number of phenols is 1. The van der Waals surface area contributed by atoms with Gasteiger partial charge in [-0.25, -0.2) is 4.79 Å². The van der Waals surface area contributed by atoms with E-state index in [4.69, 9.17) is 23.7 Å². The van der Waals surface area contributed by atoms with Crippen molar-refractivity contribution in [1.82, 2.24) is 21.3 Å². The van der Waals surface area contributed by atoms with Crippen LogP contribution in [0.1, 0.15) is 162 Å². The lowest BCUT2D eigenvalue weighted by molar-refractivity contribution is -0.135. The van der Waals surface area contributed by atoms with Crippen LogP contribution in [0.15, 0.2) is 41.0 Å². The van der Waals surface area contributed by atoms with Gasteiger partial charge in [-0.15, -0.1) is 0 Å². The van der Waals surface area contributed by atoms with Gasteiger partial charge in [0.1, 0.15) is 40.1 Å². The van der Waals surface area contributed by atoms with Crippen molar-refractivity contribution in [2.24, 2.45) is 17.8 Å². The zero-order valence-electron chi connectivity index (χ0n) is 47.7. The van der Waals surface area contributed by atoms with E-state index in [9.17, 15) is 34.2 Å². The highest BCUT2D eigenvalue weighted by atomic mass is 32.2. The number of Topliss-reactive ketones (excluding diaryl/α,β-unsaturated/α-hetero) is 2. The van der Waals surface area contributed by atoms with Crippen molar-refractivity contribution in [3.63, 3.8) is 0 Å². The number of fused-ring (bicyclic) bond motifs is 3. The molecule has 17 heteroatoms. The number of amides is 4. The Hall–Kier alpha value is -4.68. The van der Waals surface area contributed by atoms with Crippen LogP contribution in [0, 0.1) is 17.8 Å². The molecule has 0 saturated carbocycles. The molecule has 6 N–H and O–H groups in total. The van der Waals surface area contributed by atoms with Crippen LogP contribution in [0.5, 0.6) is 17.2 Å². The molecule has 0 aliphatic carbocycles. The zero-order chi connectivity index (χ0) is 56.2. The molecule has 8 atom stereocenters. The third-order valence-electron chi connectivity index (χ3n) is 14.6. The number of ketones is 2. The van der Waals surface area contributed by atoms with Crippen molar-refractivity contribution in [1.29, 1.82) is 0 Å². The van der Waals surface area contributed by atoms with Crippen LogP contribution >= 0.6 is 11.8 Å². The Kier molecular flexibility index (Phi) is 26.1. The van der Waals surface area contributed by atoms with Crippen molar-refractivity contribution in [2.75, 3.05) is 58.5 Å². The third kappa shape index (κ3) is 19.1. The molecular weight excluding hydrogens is 989 g/mol. The van der Waals surface area contributed by atoms with E-state index in [2.05, 4.69) is 88.8 Å². The van der Waals surface area contributed by atoms with Crippen LogP contribution in [-0.2, 0) is 35.0 Å². The Morgan fingerprint density at radius 3 is 2.17 bits per heavy atom. The van der Waals surface area contributed by atoms with Crippen LogP contribution in [0.4, 0.5) is 4.79 Å². The first-order valence-electron chi connectivity index (χ1n) is 27.7. The number of aliphatic hydroxyl groups is 1. The summed E-state index contributed by atoms with van der Waals surface area (Å²) in [4.78, 5) is 61.0. The molecular formula is C59H92N4O12S. The first-order chi connectivity index (χ1) is 36.0. The normalized spacial score (nSPS) is 22.5. The molecule has 0 aromatic heterocycles. The van der Waals surface area contributed by atoms with Gasteiger partial charge in [0.05, 0.1) is 63.2 Å². The summed E-state index contributed by atoms with van der Waals surface area (Å²) in [6, 6.07) is 0.380. The van der Waals surface area contributed by atoms with Gasteiger partial charge in [-0.1, -0.05) is 70.4 Å². The highest BCUT2D eigenvalue weighted by Crippen LogP contribution is 2.52. The summed E-state index contributed by atoms with van der Waals surface area (Å²) in [5, 5.41) is 33.4. The molecule has 0 spiro atoms. The molecule has 5 rings (SSSR count). The second kappa shape index (κ2) is 31.0. The zero-order valence-corrected chi connectivity index (χ0v) is 48.6. The van der Waals surface area contributed by atoms with Gasteiger partial charge in [0.2, 0.25) is 11.8 Å². The predicted molar refractivity (Wildman–Crippen MR) is 301 cm³/mol. The summed E-state index contributed by atoms with van der Waals surface area (Å²) >= 11 is 1.89. The minimum Gasteiger partial charge on any atom is -0.506 e. The molecule has 4 amide bonds. The van der Waals surface area contributed by atoms with Crippen LogP contribution < -0.4 is 30.7 Å². The van der Waals surface area contributed by atoms with Crippen LogP contribution in [0.3, 0.4) is 0 Å². The number of urea groups is 1. The van der Waals surface area contributed by atoms with Gasteiger partial charge < -0.3 is 55.2 Å². The van der Waals surface area contributed by atoms with E-state index in [1.54, 1.807) is 19.9 Å². The molecule has 1 aromatic rings. The molecule has 7 unspecified atom stereocenters. The third-order valence-corrected chi connectivity index (χ3v) is 16.1. The minimum atomic E-state index is -1.46. The Balaban J connectivity index is 0.000000332. The van der Waals surface area contributed by atoms with Crippen molar-refractivity contribution in [3.8, 4) is 17.2 Å². The number of nitrogens with one attached hydrogen (secondary N) is 4. The first-order valence-corrected chi connectivity index (χ1v) is 28.8. The predicted octanol–water partition coefficient (Wildman–Crippen LogP) is 9.13. The number of thioether (sulfide) groups is 1. The number of unbranched alkanes of at least 4 members (excludes halogenated alkanes) is 1. The molecule has 4 aliphatic heterocycles. The lowest BCUT2D eigenvalue weighted by atomic mass is 9.76. The number of hydrogen-bond acceptors (Lipinski definition) is 13. The Labute approximate surface area is 457 Å². The Morgan fingerprint density at radius 2 is 1.55 bits per heavy atom. The van der Waals surface area contributed by atoms with E-state index in [0.29, 0.717) is 111 Å². The largest absolute Gasteiger partial charge is 0.506 e. The van der Waals surface area contributed by atoms with Gasteiger partial charge in [-0.2, -0.15) is 11.8 Å². The molecule has 4 aliphatic rings. The highest BCUT2D eigenvalue weighted by Gasteiger charge is 2.45. The number of carbonyl (C=O) groups is 5. The van der Waals surface area contributed by atoms with Gasteiger partial charge in [0, 0.05) is 54.5 Å². The van der Waals surface area contributed by atoms with Crippen LogP contribution in [0.2, 0.25) is 0 Å². The Bertz CT molecular complexity index is 2250. The number of hydrogen-bond donors (Lipinski definition) is 6. The number of allylic oxidation sites excluding steroid dienone is 4. The second-order valence-corrected chi connectivity index (χ2v) is 23.1. The minimum absolute atomic E-state index is 0.0161. The van der Waals surface area contributed by atoms with Crippen LogP contribution in [0.25, 0.3) is 6.08 Å². The van der Waals surface area contributed by atoms with Gasteiger partial charge in [-0.3, -0.25) is 19.2 Å². The second-order valence-electron chi connectivity index (χ2n) is 21.8. The first kappa shape index (κ1) is 63.8. The number of phenolic OH excluding ortho intramolecular Hbond substituents is 1. The summed E-state index contributed by atoms with van der Waals surface area (Å²) in [5.74, 6) is 1.84. The van der Waals surface area contributed by atoms with Crippen molar-refractivity contribution < 1.29 is 57.9 Å². The van der Waals surface area contributed by atoms with Gasteiger partial charge in [-0.05, 0) is 111 Å². The molecule has 2 fully saturated rings. The fraction of sp³-hybridized carbons (Fsp3) is 0.678. The maximum absolute atomic E-state index is 13.8. The average molecular weight is 1080 g/mol. The molecule has 1 aromatic carbocycles. The summed E-state index contributed by atoms with van der Waals surface area (Å²) in [6.45, 7) is 26.9. The van der Waals surface area contributed by atoms with E-state index < -0.39 is 11.2 Å². The number of aromatic hydroxyl groups is 1. The standard InChI is InChI=1S/C31H44O4.C28H48N4O8S/c1-10-22-26(32)25-27(33)23-15-17-31(9,16-11-12-18(2)3)35-29(23)24(14-13-19(4)5)30(25)34-28(22)21(8)20(6)7;1-4-23(33)28(3,37)10-9-20(2)26(35)30-12-14-39-16-18-40-17-15-38-13-11-29-24(34)8-6-5-7-22-25-21(19-41-22)31-27(36)32-25/h12-13,15,17,20-22,28,33H,10-11,14,16H2,1-9H3;9,21-22,25,37H,4-8,10-19H2,1-3H3,(H,29,34)(H,30,35)(H2,31,32,36)/b;20-9-/t;21?,22-,25?,28?/m.1/s1. The summed E-state index contributed by atoms with van der Waals surface area (Å²) < 4.78 is 29.7. The highest BCUT2D eigenvalue weighted by molar-refractivity contribution is 8.00. The van der Waals surface area contributed by atoms with Crippen LogP contribution in [-0.4, -0.2) is 133 Å². The van der Waals surface area contributed by atoms with Crippen molar-refractivity contribution in [3.05, 3.63) is 57.7 Å². The van der Waals surface area contributed by atoms with E-state index in [0.717, 1.165) is 43.4 Å². The molecule has 426 valence electrons. The fourth-order valence-corrected chi connectivity index (χ4v) is 11.0. The lowest BCUT2D eigenvalue weighted by Gasteiger charge is -2.40. The maximum atomic E-state index is 13.8. The quantitative estimate of drug-likeness (QED) is 0.0183. The van der Waals surface area contributed by atoms with Crippen molar-refractivity contribution in [2.45, 2.75) is 182 Å². The molecule has 4 heterocycles. The van der Waals surface area contributed by atoms with Gasteiger partial charge in [0.15, 0.2) is 11.6 Å². The fourth-order valence-electron chi connectivity index (χ4n) is 9.50. The van der Waals surface area contributed by atoms with Gasteiger partial charge in [0.25, 0.3) is 0 Å². The summed E-state index contributed by atoms with van der Waals surface area (Å²) in [5.41, 5.74) is 2.69. The molecule has 16 nitrogen and oxygen atoms in total. The molecule has 0 radical (unpaired) electrons. The van der Waals surface area contributed by atoms with E-state index >= 15 is 0 Å². The lowest BCUT2D eigenvalue weighted by Crippen LogP contribution is -2.44. The van der Waals surface area contributed by atoms with Gasteiger partial charge >= 0.3 is 6.03 Å². The van der Waals surface area contributed by atoms with E-state index in [1.165, 1.54) is 18.1 Å². The summed E-state index contributed by atoms with van der Waals surface area (Å²) in [6.07, 6.45) is 16.2. The molecule has 0 bridgehead atoms. The van der Waals surface area contributed by atoms with E-state index in [-0.39, 0.29) is 78.0 Å². The number of rotatable bonds is 30. The SMILES string of the molecule is CCC(=O)C(C)(O)C/C=C(/C)C(=O)NCCOCCOCCOCCNC(=O)CCCC[C@H]1SCC2NC(=O)NC21.CCC1C(=O)c2c(O)c3c(c(CC=C(C)C)c2OC1C(C)C(C)C)OC(C)(CCC=C(C)C)C=C3. The maximum Gasteiger partial charge on any atom is 0.315 e.